The lowest BCUT2D eigenvalue weighted by molar-refractivity contribution is -0.136. The summed E-state index contributed by atoms with van der Waals surface area (Å²) >= 11 is 0. The van der Waals surface area contributed by atoms with Crippen molar-refractivity contribution in [3.63, 3.8) is 0 Å². The number of aromatic nitrogens is 2. The van der Waals surface area contributed by atoms with Crippen LogP contribution in [-0.4, -0.2) is 26.4 Å². The number of carbonyl (C=O) groups excluding carboxylic acids is 1. The van der Waals surface area contributed by atoms with Gasteiger partial charge in [0.15, 0.2) is 0 Å². The third-order valence-corrected chi connectivity index (χ3v) is 4.01. The van der Waals surface area contributed by atoms with E-state index in [4.69, 9.17) is 5.11 Å². The summed E-state index contributed by atoms with van der Waals surface area (Å²) in [5.41, 5.74) is 4.20. The monoisotopic (exact) mass is 337 g/mol. The van der Waals surface area contributed by atoms with Crippen LogP contribution in [0.2, 0.25) is 0 Å². The lowest BCUT2D eigenvalue weighted by Crippen LogP contribution is -2.13. The normalized spacial score (nSPS) is 10.8. The summed E-state index contributed by atoms with van der Waals surface area (Å²) in [7, 11) is 0. The average Bonchev–Trinajstić information content (AvgIpc) is 2.89. The number of hydrogen-bond donors (Lipinski definition) is 2. The number of fused-ring (bicyclic) bond motifs is 1. The van der Waals surface area contributed by atoms with Crippen LogP contribution in [0.5, 0.6) is 0 Å². The van der Waals surface area contributed by atoms with Gasteiger partial charge in [-0.1, -0.05) is 18.2 Å². The smallest absolute Gasteiger partial charge is 0.307 e. The highest BCUT2D eigenvalue weighted by atomic mass is 16.4. The summed E-state index contributed by atoms with van der Waals surface area (Å²) in [6.45, 7) is 1.95. The Bertz CT molecular complexity index is 913. The van der Waals surface area contributed by atoms with E-state index in [1.165, 1.54) is 0 Å². The van der Waals surface area contributed by atoms with Crippen molar-refractivity contribution in [2.45, 2.75) is 26.2 Å². The molecule has 0 saturated carbocycles. The zero-order chi connectivity index (χ0) is 17.8. The Hall–Kier alpha value is -3.15. The number of amides is 1. The van der Waals surface area contributed by atoms with Crippen LogP contribution in [0.25, 0.3) is 5.65 Å². The molecule has 25 heavy (non-hydrogen) atoms. The molecule has 0 radical (unpaired) electrons. The standard InChI is InChI=1S/C19H19N3O3/c1-13-16(22-11-3-2-4-17(22)20-13)9-10-18(23)21-15-7-5-14(6-8-15)12-19(24)25/h2-8,11H,9-10,12H2,1H3,(H,21,23)(H,24,25). The first-order valence-corrected chi connectivity index (χ1v) is 8.06. The van der Waals surface area contributed by atoms with Gasteiger partial charge in [-0.2, -0.15) is 0 Å². The second-order valence-corrected chi connectivity index (χ2v) is 5.89. The van der Waals surface area contributed by atoms with Gasteiger partial charge in [0.25, 0.3) is 0 Å². The van der Waals surface area contributed by atoms with Gasteiger partial charge in [-0.15, -0.1) is 0 Å². The molecule has 0 atom stereocenters. The quantitative estimate of drug-likeness (QED) is 0.724. The maximum Gasteiger partial charge on any atom is 0.307 e. The highest BCUT2D eigenvalue weighted by Gasteiger charge is 2.11. The van der Waals surface area contributed by atoms with Gasteiger partial charge in [-0.3, -0.25) is 9.59 Å². The summed E-state index contributed by atoms with van der Waals surface area (Å²) in [6.07, 6.45) is 2.87. The SMILES string of the molecule is Cc1nc2ccccn2c1CCC(=O)Nc1ccc(CC(=O)O)cc1. The number of benzene rings is 1. The van der Waals surface area contributed by atoms with E-state index >= 15 is 0 Å². The van der Waals surface area contributed by atoms with Gasteiger partial charge in [0, 0.05) is 24.0 Å². The number of pyridine rings is 1. The molecule has 2 N–H and O–H groups in total. The number of aryl methyl sites for hydroxylation is 2. The number of anilines is 1. The Balaban J connectivity index is 1.61. The van der Waals surface area contributed by atoms with Gasteiger partial charge < -0.3 is 14.8 Å². The first-order valence-electron chi connectivity index (χ1n) is 8.06. The fourth-order valence-electron chi connectivity index (χ4n) is 2.80. The minimum atomic E-state index is -0.875. The van der Waals surface area contributed by atoms with Gasteiger partial charge >= 0.3 is 5.97 Å². The largest absolute Gasteiger partial charge is 0.481 e. The van der Waals surface area contributed by atoms with Crippen LogP contribution in [0.3, 0.4) is 0 Å². The fraction of sp³-hybridized carbons (Fsp3) is 0.211. The minimum absolute atomic E-state index is 0.0260. The highest BCUT2D eigenvalue weighted by Crippen LogP contribution is 2.15. The number of carboxylic acids is 1. The maximum absolute atomic E-state index is 12.2. The first kappa shape index (κ1) is 16.7. The molecule has 1 aromatic carbocycles. The van der Waals surface area contributed by atoms with E-state index < -0.39 is 5.97 Å². The number of hydrogen-bond acceptors (Lipinski definition) is 3. The number of imidazole rings is 1. The van der Waals surface area contributed by atoms with E-state index in [-0.39, 0.29) is 12.3 Å². The predicted molar refractivity (Wildman–Crippen MR) is 94.7 cm³/mol. The van der Waals surface area contributed by atoms with Crippen molar-refractivity contribution in [1.29, 1.82) is 0 Å². The van der Waals surface area contributed by atoms with Crippen molar-refractivity contribution in [3.05, 3.63) is 65.6 Å². The Labute approximate surface area is 145 Å². The third-order valence-electron chi connectivity index (χ3n) is 4.01. The molecular formula is C19H19N3O3. The highest BCUT2D eigenvalue weighted by molar-refractivity contribution is 5.90. The summed E-state index contributed by atoms with van der Waals surface area (Å²) in [5.74, 6) is -0.962. The second-order valence-electron chi connectivity index (χ2n) is 5.89. The van der Waals surface area contributed by atoms with E-state index in [0.717, 1.165) is 17.0 Å². The predicted octanol–water partition coefficient (Wildman–Crippen LogP) is 2.84. The molecule has 2 heterocycles. The topological polar surface area (TPSA) is 83.7 Å². The summed E-state index contributed by atoms with van der Waals surface area (Å²) in [6, 6.07) is 12.7. The number of rotatable bonds is 6. The lowest BCUT2D eigenvalue weighted by atomic mass is 10.1. The van der Waals surface area contributed by atoms with Crippen LogP contribution in [0.4, 0.5) is 5.69 Å². The summed E-state index contributed by atoms with van der Waals surface area (Å²) < 4.78 is 2.00. The lowest BCUT2D eigenvalue weighted by Gasteiger charge is -2.07. The number of nitrogens with zero attached hydrogens (tertiary/aromatic N) is 2. The zero-order valence-electron chi connectivity index (χ0n) is 13.9. The summed E-state index contributed by atoms with van der Waals surface area (Å²) in [5, 5.41) is 11.6. The molecular weight excluding hydrogens is 318 g/mol. The molecule has 0 saturated heterocycles. The van der Waals surface area contributed by atoms with Gasteiger partial charge in [0.1, 0.15) is 5.65 Å². The molecule has 0 fully saturated rings. The molecule has 0 aliphatic rings. The maximum atomic E-state index is 12.2. The molecule has 0 aliphatic heterocycles. The first-order chi connectivity index (χ1) is 12.0. The Morgan fingerprint density at radius 3 is 2.64 bits per heavy atom. The molecule has 3 aromatic rings. The van der Waals surface area contributed by atoms with Crippen LogP contribution in [0, 0.1) is 6.92 Å². The van der Waals surface area contributed by atoms with Gasteiger partial charge in [0.2, 0.25) is 5.91 Å². The van der Waals surface area contributed by atoms with E-state index in [1.54, 1.807) is 24.3 Å². The zero-order valence-corrected chi connectivity index (χ0v) is 13.9. The number of carboxylic acid groups (broad SMARTS) is 1. The van der Waals surface area contributed by atoms with Crippen molar-refractivity contribution in [1.82, 2.24) is 9.38 Å². The van der Waals surface area contributed by atoms with Crippen molar-refractivity contribution in [2.75, 3.05) is 5.32 Å². The second kappa shape index (κ2) is 7.17. The van der Waals surface area contributed by atoms with E-state index in [2.05, 4.69) is 10.3 Å². The molecule has 0 spiro atoms. The van der Waals surface area contributed by atoms with Gasteiger partial charge in [-0.25, -0.2) is 4.98 Å². The number of carbonyl (C=O) groups is 2. The van der Waals surface area contributed by atoms with E-state index in [9.17, 15) is 9.59 Å². The molecule has 6 heteroatoms. The Morgan fingerprint density at radius 2 is 1.92 bits per heavy atom. The molecule has 0 aliphatic carbocycles. The van der Waals surface area contributed by atoms with Crippen molar-refractivity contribution in [3.8, 4) is 0 Å². The van der Waals surface area contributed by atoms with Crippen LogP contribution in [0.1, 0.15) is 23.4 Å². The fourth-order valence-corrected chi connectivity index (χ4v) is 2.80. The van der Waals surface area contributed by atoms with E-state index in [0.29, 0.717) is 24.1 Å². The van der Waals surface area contributed by atoms with Crippen molar-refractivity contribution >= 4 is 23.2 Å². The van der Waals surface area contributed by atoms with Crippen molar-refractivity contribution in [2.24, 2.45) is 0 Å². The molecule has 128 valence electrons. The number of nitrogens with one attached hydrogen (secondary N) is 1. The van der Waals surface area contributed by atoms with E-state index in [1.807, 2.05) is 35.7 Å². The summed E-state index contributed by atoms with van der Waals surface area (Å²) in [4.78, 5) is 27.3. The third kappa shape index (κ3) is 4.03. The molecule has 0 unspecified atom stereocenters. The molecule has 0 bridgehead atoms. The number of aliphatic carboxylic acids is 1. The van der Waals surface area contributed by atoms with Crippen LogP contribution >= 0.6 is 0 Å². The van der Waals surface area contributed by atoms with Gasteiger partial charge in [0.05, 0.1) is 12.1 Å². The Morgan fingerprint density at radius 1 is 1.16 bits per heavy atom. The average molecular weight is 337 g/mol. The van der Waals surface area contributed by atoms with Crippen LogP contribution in [0.15, 0.2) is 48.7 Å². The van der Waals surface area contributed by atoms with Crippen LogP contribution < -0.4 is 5.32 Å². The minimum Gasteiger partial charge on any atom is -0.481 e. The Kier molecular flexibility index (Phi) is 4.79. The molecule has 1 amide bonds. The molecule has 6 nitrogen and oxygen atoms in total. The van der Waals surface area contributed by atoms with Crippen molar-refractivity contribution < 1.29 is 14.7 Å². The molecule has 2 aromatic heterocycles. The van der Waals surface area contributed by atoms with Crippen LogP contribution in [-0.2, 0) is 22.4 Å². The molecule has 3 rings (SSSR count). The van der Waals surface area contributed by atoms with Gasteiger partial charge in [-0.05, 0) is 43.2 Å².